The number of pyridine rings is 1. The number of likely N-dealkylation sites (tertiary alicyclic amines) is 1. The van der Waals surface area contributed by atoms with Crippen molar-refractivity contribution in [3.05, 3.63) is 36.3 Å². The van der Waals surface area contributed by atoms with Gasteiger partial charge in [-0.05, 0) is 46.0 Å². The molecule has 0 amide bonds. The van der Waals surface area contributed by atoms with E-state index in [1.807, 2.05) is 57.1 Å². The van der Waals surface area contributed by atoms with Crippen molar-refractivity contribution in [2.24, 2.45) is 4.99 Å². The quantitative estimate of drug-likeness (QED) is 0.703. The van der Waals surface area contributed by atoms with Crippen molar-refractivity contribution in [2.75, 3.05) is 25.5 Å². The summed E-state index contributed by atoms with van der Waals surface area (Å²) in [6.45, 7) is 6.94. The van der Waals surface area contributed by atoms with Crippen molar-refractivity contribution in [3.63, 3.8) is 0 Å². The van der Waals surface area contributed by atoms with Gasteiger partial charge in [-0.2, -0.15) is 0 Å². The third-order valence-corrected chi connectivity index (χ3v) is 4.84. The summed E-state index contributed by atoms with van der Waals surface area (Å²) in [7, 11) is 1.91. The van der Waals surface area contributed by atoms with Gasteiger partial charge in [0.2, 0.25) is 5.95 Å². The smallest absolute Gasteiger partial charge is 0.241 e. The van der Waals surface area contributed by atoms with Gasteiger partial charge >= 0.3 is 0 Å². The van der Waals surface area contributed by atoms with Crippen molar-refractivity contribution in [1.82, 2.24) is 24.5 Å². The second-order valence-electron chi connectivity index (χ2n) is 7.49. The first-order valence-electron chi connectivity index (χ1n) is 9.34. The fraction of sp³-hybridized carbons (Fsp3) is 0.400. The second kappa shape index (κ2) is 7.27. The molecule has 1 aliphatic heterocycles. The molecule has 3 aromatic rings. The van der Waals surface area contributed by atoms with Gasteiger partial charge in [-0.1, -0.05) is 0 Å². The Morgan fingerprint density at radius 3 is 2.75 bits per heavy atom. The lowest BCUT2D eigenvalue weighted by Gasteiger charge is -2.14. The Kier molecular flexibility index (Phi) is 4.80. The highest BCUT2D eigenvalue weighted by molar-refractivity contribution is 5.83. The number of nitrogens with one attached hydrogen (secondary N) is 1. The Labute approximate surface area is 163 Å². The largest absolute Gasteiger partial charge is 0.346 e. The minimum Gasteiger partial charge on any atom is -0.346 e. The first kappa shape index (κ1) is 18.5. The van der Waals surface area contributed by atoms with E-state index in [-0.39, 0.29) is 6.04 Å². The molecule has 1 saturated heterocycles. The standard InChI is InChI=1S/C20H24FN7/c1-12(2)23-16-5-6-17(24-13(16)3)14-7-8-28-19(14)9-22-20(26-28)25-18-11-27(4)10-15(18)21/h5-9,15,18H,10-11H2,1-4H3,(H,25,26)/t15-,18?/m0/s1. The van der Waals surface area contributed by atoms with Crippen LogP contribution in [-0.2, 0) is 0 Å². The summed E-state index contributed by atoms with van der Waals surface area (Å²) in [5, 5.41) is 7.59. The average molecular weight is 381 g/mol. The van der Waals surface area contributed by atoms with Crippen LogP contribution in [0, 0.1) is 6.92 Å². The number of nitrogens with zero attached hydrogens (tertiary/aromatic N) is 6. The molecule has 0 bridgehead atoms. The number of aliphatic imine (C=N–C) groups is 1. The van der Waals surface area contributed by atoms with Crippen LogP contribution < -0.4 is 5.32 Å². The molecule has 0 aliphatic carbocycles. The molecular weight excluding hydrogens is 357 g/mol. The maximum atomic E-state index is 14.0. The Balaban J connectivity index is 1.62. The van der Waals surface area contributed by atoms with Crippen molar-refractivity contribution < 1.29 is 4.39 Å². The van der Waals surface area contributed by atoms with E-state index in [0.29, 0.717) is 19.0 Å². The van der Waals surface area contributed by atoms with Crippen LogP contribution in [0.3, 0.4) is 0 Å². The minimum absolute atomic E-state index is 0.295. The monoisotopic (exact) mass is 381 g/mol. The van der Waals surface area contributed by atoms with Gasteiger partial charge in [0.05, 0.1) is 34.8 Å². The van der Waals surface area contributed by atoms with Crippen molar-refractivity contribution in [1.29, 1.82) is 0 Å². The number of fused-ring (bicyclic) bond motifs is 1. The molecule has 1 unspecified atom stereocenters. The maximum absolute atomic E-state index is 14.0. The first-order valence-corrected chi connectivity index (χ1v) is 9.34. The highest BCUT2D eigenvalue weighted by Crippen LogP contribution is 2.27. The van der Waals surface area contributed by atoms with E-state index < -0.39 is 6.17 Å². The summed E-state index contributed by atoms with van der Waals surface area (Å²) in [6, 6.07) is 5.60. The summed E-state index contributed by atoms with van der Waals surface area (Å²) in [6.07, 6.45) is 2.69. The summed E-state index contributed by atoms with van der Waals surface area (Å²) >= 11 is 0. The molecule has 1 aliphatic rings. The normalized spacial score (nSPS) is 19.9. The number of hydrogen-bond acceptors (Lipinski definition) is 6. The van der Waals surface area contributed by atoms with E-state index in [1.54, 1.807) is 10.7 Å². The van der Waals surface area contributed by atoms with Crippen molar-refractivity contribution in [3.8, 4) is 11.3 Å². The summed E-state index contributed by atoms with van der Waals surface area (Å²) < 4.78 is 15.8. The molecule has 146 valence electrons. The number of rotatable bonds is 4. The zero-order chi connectivity index (χ0) is 19.8. The average Bonchev–Trinajstić information content (AvgIpc) is 3.19. The molecule has 0 aromatic carbocycles. The first-order chi connectivity index (χ1) is 13.4. The number of hydrogen-bond donors (Lipinski definition) is 1. The summed E-state index contributed by atoms with van der Waals surface area (Å²) in [5.41, 5.74) is 5.37. The number of aromatic nitrogens is 4. The van der Waals surface area contributed by atoms with Crippen LogP contribution in [0.2, 0.25) is 0 Å². The number of anilines is 1. The van der Waals surface area contributed by atoms with Crippen LogP contribution in [-0.4, -0.2) is 62.5 Å². The van der Waals surface area contributed by atoms with Gasteiger partial charge in [0.15, 0.2) is 0 Å². The molecule has 4 heterocycles. The lowest BCUT2D eigenvalue weighted by molar-refractivity contribution is 0.314. The number of halogens is 1. The van der Waals surface area contributed by atoms with Gasteiger partial charge in [-0.3, -0.25) is 9.98 Å². The predicted molar refractivity (Wildman–Crippen MR) is 109 cm³/mol. The molecule has 3 aromatic heterocycles. The van der Waals surface area contributed by atoms with Crippen LogP contribution in [0.4, 0.5) is 16.0 Å². The lowest BCUT2D eigenvalue weighted by atomic mass is 10.1. The zero-order valence-electron chi connectivity index (χ0n) is 16.5. The molecule has 28 heavy (non-hydrogen) atoms. The van der Waals surface area contributed by atoms with E-state index in [1.165, 1.54) is 0 Å². The molecule has 1 fully saturated rings. The molecule has 0 spiro atoms. The second-order valence-corrected chi connectivity index (χ2v) is 7.49. The molecular formula is C20H24FN7. The Morgan fingerprint density at radius 1 is 1.25 bits per heavy atom. The molecule has 0 saturated carbocycles. The van der Waals surface area contributed by atoms with Crippen LogP contribution in [0.1, 0.15) is 19.5 Å². The van der Waals surface area contributed by atoms with Gasteiger partial charge in [0.25, 0.3) is 0 Å². The highest BCUT2D eigenvalue weighted by atomic mass is 19.1. The molecule has 4 rings (SSSR count). The summed E-state index contributed by atoms with van der Waals surface area (Å²) in [5.74, 6) is 0.421. The maximum Gasteiger partial charge on any atom is 0.241 e. The fourth-order valence-electron chi connectivity index (χ4n) is 3.50. The predicted octanol–water partition coefficient (Wildman–Crippen LogP) is 3.28. The van der Waals surface area contributed by atoms with E-state index in [2.05, 4.69) is 20.4 Å². The molecule has 7 nitrogen and oxygen atoms in total. The zero-order valence-corrected chi connectivity index (χ0v) is 16.5. The molecule has 8 heteroatoms. The van der Waals surface area contributed by atoms with Gasteiger partial charge < -0.3 is 10.2 Å². The molecule has 2 atom stereocenters. The third kappa shape index (κ3) is 3.60. The Bertz CT molecular complexity index is 1040. The molecule has 0 radical (unpaired) electrons. The van der Waals surface area contributed by atoms with E-state index >= 15 is 0 Å². The van der Waals surface area contributed by atoms with Crippen molar-refractivity contribution >= 4 is 22.9 Å². The van der Waals surface area contributed by atoms with Crippen LogP contribution in [0.15, 0.2) is 35.6 Å². The van der Waals surface area contributed by atoms with Gasteiger partial charge in [0.1, 0.15) is 6.17 Å². The highest BCUT2D eigenvalue weighted by Gasteiger charge is 2.31. The topological polar surface area (TPSA) is 70.7 Å². The number of likely N-dealkylation sites (N-methyl/N-ethyl adjacent to an activating group) is 1. The van der Waals surface area contributed by atoms with Gasteiger partial charge in [-0.25, -0.2) is 13.9 Å². The lowest BCUT2D eigenvalue weighted by Crippen LogP contribution is -2.30. The number of aryl methyl sites for hydroxylation is 1. The van der Waals surface area contributed by atoms with Crippen molar-refractivity contribution in [2.45, 2.75) is 33.0 Å². The fourth-order valence-corrected chi connectivity index (χ4v) is 3.50. The minimum atomic E-state index is -0.926. The Morgan fingerprint density at radius 2 is 2.07 bits per heavy atom. The van der Waals surface area contributed by atoms with E-state index in [4.69, 9.17) is 4.98 Å². The Hall–Kier alpha value is -2.87. The van der Waals surface area contributed by atoms with Gasteiger partial charge in [0, 0.05) is 30.6 Å². The van der Waals surface area contributed by atoms with E-state index in [0.717, 1.165) is 33.9 Å². The van der Waals surface area contributed by atoms with Gasteiger partial charge in [-0.15, -0.1) is 5.10 Å². The van der Waals surface area contributed by atoms with Crippen LogP contribution in [0.25, 0.3) is 16.8 Å². The third-order valence-electron chi connectivity index (χ3n) is 4.84. The van der Waals surface area contributed by atoms with Crippen LogP contribution in [0.5, 0.6) is 0 Å². The molecule has 1 N–H and O–H groups in total. The van der Waals surface area contributed by atoms with E-state index in [9.17, 15) is 4.39 Å². The summed E-state index contributed by atoms with van der Waals surface area (Å²) in [4.78, 5) is 15.5. The SMILES string of the molecule is CC(C)=Nc1ccc(-c2ccn3nc(NC4CN(C)C[C@@H]4F)ncc23)nc1C. The number of alkyl halides is 1. The van der Waals surface area contributed by atoms with Crippen LogP contribution >= 0.6 is 0 Å².